The Bertz CT molecular complexity index is 1230. The summed E-state index contributed by atoms with van der Waals surface area (Å²) in [5.74, 6) is -2.70. The average molecular weight is 574 g/mol. The number of alkyl halides is 2. The smallest absolute Gasteiger partial charge is 0.263 e. The van der Waals surface area contributed by atoms with Gasteiger partial charge in [0.25, 0.3) is 11.8 Å². The Morgan fingerprint density at radius 3 is 2.45 bits per heavy atom. The van der Waals surface area contributed by atoms with Crippen molar-refractivity contribution >= 4 is 35.7 Å². The fourth-order valence-corrected chi connectivity index (χ4v) is 4.56. The van der Waals surface area contributed by atoms with Crippen molar-refractivity contribution in [3.05, 3.63) is 53.3 Å². The van der Waals surface area contributed by atoms with Crippen molar-refractivity contribution < 1.29 is 18.4 Å². The third-order valence-corrected chi connectivity index (χ3v) is 6.94. The van der Waals surface area contributed by atoms with E-state index in [-0.39, 0.29) is 24.8 Å². The molecule has 2 N–H and O–H groups in total. The zero-order valence-corrected chi connectivity index (χ0v) is 25.2. The molecule has 0 aliphatic carbocycles. The summed E-state index contributed by atoms with van der Waals surface area (Å²) in [4.78, 5) is 34.5. The van der Waals surface area contributed by atoms with E-state index in [1.165, 1.54) is 11.3 Å². The van der Waals surface area contributed by atoms with E-state index in [4.69, 9.17) is 0 Å². The second kappa shape index (κ2) is 15.6. The molecule has 8 nitrogen and oxygen atoms in total. The van der Waals surface area contributed by atoms with Gasteiger partial charge in [0.1, 0.15) is 5.69 Å². The van der Waals surface area contributed by atoms with Crippen LogP contribution in [0.15, 0.2) is 42.0 Å². The number of halogens is 2. The van der Waals surface area contributed by atoms with Crippen molar-refractivity contribution in [3.8, 4) is 11.4 Å². The molecule has 12 heteroatoms. The predicted molar refractivity (Wildman–Crippen MR) is 159 cm³/mol. The summed E-state index contributed by atoms with van der Waals surface area (Å²) in [7, 11) is 5.29. The number of aromatic nitrogens is 3. The van der Waals surface area contributed by atoms with Crippen molar-refractivity contribution in [3.63, 3.8) is 0 Å². The van der Waals surface area contributed by atoms with Crippen molar-refractivity contribution in [1.82, 2.24) is 24.7 Å². The summed E-state index contributed by atoms with van der Waals surface area (Å²) in [5.41, 5.74) is 2.86. The molecule has 0 saturated carbocycles. The molecule has 0 aliphatic heterocycles. The van der Waals surface area contributed by atoms with E-state index in [0.717, 1.165) is 17.8 Å². The number of nitrogens with zero attached hydrogens (tertiary/aromatic N) is 4. The van der Waals surface area contributed by atoms with Crippen LogP contribution in [0.1, 0.15) is 56.1 Å². The summed E-state index contributed by atoms with van der Waals surface area (Å²) < 4.78 is 28.7. The van der Waals surface area contributed by atoms with Crippen LogP contribution < -0.4 is 10.6 Å². The van der Waals surface area contributed by atoms with Gasteiger partial charge in [0.05, 0.1) is 23.8 Å². The quantitative estimate of drug-likeness (QED) is 0.276. The second-order valence-corrected chi connectivity index (χ2v) is 11.0. The molecule has 1 unspecified atom stereocenters. The number of aryl methyl sites for hydroxylation is 1. The predicted octanol–water partition coefficient (Wildman–Crippen LogP) is 5.60. The fourth-order valence-electron chi connectivity index (χ4n) is 3.84. The third kappa shape index (κ3) is 10.5. The van der Waals surface area contributed by atoms with Gasteiger partial charge in [-0.1, -0.05) is 33.7 Å². The highest BCUT2D eigenvalue weighted by Gasteiger charge is 2.38. The molecular formula is C28H40BF2N6O2S. The van der Waals surface area contributed by atoms with E-state index in [1.54, 1.807) is 48.9 Å². The molecule has 3 aromatic heterocycles. The first-order valence-corrected chi connectivity index (χ1v) is 14.2. The van der Waals surface area contributed by atoms with Crippen LogP contribution in [-0.2, 0) is 4.79 Å². The number of anilines is 1. The number of carbonyl (C=O) groups is 2. The van der Waals surface area contributed by atoms with Gasteiger partial charge in [-0.3, -0.25) is 14.6 Å². The number of hydrogen-bond acceptors (Lipinski definition) is 6. The maximum Gasteiger partial charge on any atom is 0.263 e. The molecule has 1 atom stereocenters. The van der Waals surface area contributed by atoms with E-state index >= 15 is 0 Å². The first kappa shape index (κ1) is 33.1. The Kier molecular flexibility index (Phi) is 12.9. The standard InChI is InChI=1S/C17H17BN5O2S.C11H23F2N/c1-11-4-3-5-13(20-11)14-10-26-17(21-14)22-15(24)8-19-16(25)12-6-7-23(9-12)18-2;1-6-11(12,13)10(14(4)5)8-7-9(2)3/h3-7,9-10H,8H2,1-2H3,(H,19,25)(H,21,22,24);9-10H,6-8H2,1-5H3. The lowest BCUT2D eigenvalue weighted by Crippen LogP contribution is -2.43. The second-order valence-electron chi connectivity index (χ2n) is 10.1. The Labute approximate surface area is 240 Å². The van der Waals surface area contributed by atoms with Crippen molar-refractivity contribution in [2.45, 2.75) is 65.7 Å². The number of thiazole rings is 1. The topological polar surface area (TPSA) is 92.2 Å². The number of nitrogens with one attached hydrogen (secondary N) is 2. The highest BCUT2D eigenvalue weighted by molar-refractivity contribution is 7.14. The van der Waals surface area contributed by atoms with E-state index < -0.39 is 12.0 Å². The monoisotopic (exact) mass is 573 g/mol. The first-order chi connectivity index (χ1) is 18.9. The number of pyridine rings is 1. The average Bonchev–Trinajstić information content (AvgIpc) is 3.57. The molecule has 40 heavy (non-hydrogen) atoms. The zero-order valence-electron chi connectivity index (χ0n) is 24.4. The summed E-state index contributed by atoms with van der Waals surface area (Å²) in [5, 5.41) is 7.57. The van der Waals surface area contributed by atoms with Crippen LogP contribution >= 0.6 is 11.3 Å². The van der Waals surface area contributed by atoms with Gasteiger partial charge in [0, 0.05) is 23.7 Å². The molecule has 3 aromatic rings. The lowest BCUT2D eigenvalue weighted by molar-refractivity contribution is -0.115. The third-order valence-electron chi connectivity index (χ3n) is 6.19. The normalized spacial score (nSPS) is 12.1. The SMILES string of the molecule is CCC(F)(F)C(CCC(C)C)N(C)C.C[B]n1ccc(C(=O)NCC(=O)Nc2nc(-c3cccc(C)n3)cs2)c1. The minimum Gasteiger partial charge on any atom is -0.402 e. The number of amides is 2. The summed E-state index contributed by atoms with van der Waals surface area (Å²) in [6.07, 6.45) is 4.82. The van der Waals surface area contributed by atoms with Gasteiger partial charge in [0.15, 0.2) is 5.13 Å². The van der Waals surface area contributed by atoms with Crippen LogP contribution in [0.3, 0.4) is 0 Å². The zero-order chi connectivity index (χ0) is 29.9. The van der Waals surface area contributed by atoms with E-state index in [1.807, 2.05) is 44.7 Å². The van der Waals surface area contributed by atoms with Crippen molar-refractivity contribution in [1.29, 1.82) is 0 Å². The largest absolute Gasteiger partial charge is 0.402 e. The summed E-state index contributed by atoms with van der Waals surface area (Å²) in [6, 6.07) is 6.76. The van der Waals surface area contributed by atoms with Gasteiger partial charge in [-0.2, -0.15) is 0 Å². The van der Waals surface area contributed by atoms with Crippen LogP contribution in [0.4, 0.5) is 13.9 Å². The van der Waals surface area contributed by atoms with Crippen LogP contribution in [-0.4, -0.2) is 71.2 Å². The minimum atomic E-state index is -2.56. The Balaban J connectivity index is 0.000000342. The maximum absolute atomic E-state index is 13.5. The summed E-state index contributed by atoms with van der Waals surface area (Å²) >= 11 is 1.31. The van der Waals surface area contributed by atoms with Gasteiger partial charge in [0.2, 0.25) is 13.3 Å². The lowest BCUT2D eigenvalue weighted by atomic mass is 9.97. The van der Waals surface area contributed by atoms with Crippen LogP contribution in [0.2, 0.25) is 6.82 Å². The van der Waals surface area contributed by atoms with Crippen molar-refractivity contribution in [2.75, 3.05) is 26.0 Å². The van der Waals surface area contributed by atoms with Crippen LogP contribution in [0.25, 0.3) is 11.4 Å². The lowest BCUT2D eigenvalue weighted by Gasteiger charge is -2.32. The van der Waals surface area contributed by atoms with Gasteiger partial charge in [-0.25, -0.2) is 13.8 Å². The maximum atomic E-state index is 13.5. The molecule has 0 saturated heterocycles. The molecule has 3 rings (SSSR count). The van der Waals surface area contributed by atoms with Gasteiger partial charge in [-0.15, -0.1) is 11.3 Å². The van der Waals surface area contributed by atoms with Gasteiger partial charge < -0.3 is 20.0 Å². The van der Waals surface area contributed by atoms with E-state index in [9.17, 15) is 18.4 Å². The van der Waals surface area contributed by atoms with E-state index in [2.05, 4.69) is 34.4 Å². The molecule has 0 aromatic carbocycles. The molecule has 3 heterocycles. The number of carbonyl (C=O) groups excluding carboxylic acids is 2. The Morgan fingerprint density at radius 1 is 1.15 bits per heavy atom. The Morgan fingerprint density at radius 2 is 1.88 bits per heavy atom. The van der Waals surface area contributed by atoms with Gasteiger partial charge in [-0.05, 0) is 64.2 Å². The van der Waals surface area contributed by atoms with Crippen LogP contribution in [0.5, 0.6) is 0 Å². The molecule has 0 spiro atoms. The number of rotatable bonds is 12. The molecule has 217 valence electrons. The number of hydrogen-bond donors (Lipinski definition) is 2. The molecule has 0 fully saturated rings. The molecular weight excluding hydrogens is 533 g/mol. The minimum absolute atomic E-state index is 0.0755. The summed E-state index contributed by atoms with van der Waals surface area (Å²) in [6.45, 7) is 9.33. The highest BCUT2D eigenvalue weighted by atomic mass is 32.1. The van der Waals surface area contributed by atoms with Crippen molar-refractivity contribution in [2.24, 2.45) is 5.92 Å². The Hall–Kier alpha value is -3.12. The van der Waals surface area contributed by atoms with E-state index in [0.29, 0.717) is 28.7 Å². The first-order valence-electron chi connectivity index (χ1n) is 13.3. The highest BCUT2D eigenvalue weighted by Crippen LogP contribution is 2.29. The van der Waals surface area contributed by atoms with Gasteiger partial charge >= 0.3 is 0 Å². The molecule has 1 radical (unpaired) electrons. The fraction of sp³-hybridized carbons (Fsp3) is 0.500. The molecule has 0 aliphatic rings. The molecule has 0 bridgehead atoms. The van der Waals surface area contributed by atoms with Crippen LogP contribution in [0, 0.1) is 12.8 Å². The molecule has 2 amide bonds.